The van der Waals surface area contributed by atoms with Crippen molar-refractivity contribution in [3.63, 3.8) is 0 Å². The molecule has 7 N–H and O–H groups in total. The van der Waals surface area contributed by atoms with Crippen molar-refractivity contribution in [2.24, 2.45) is 5.73 Å². The molecule has 17 nitrogen and oxygen atoms in total. The summed E-state index contributed by atoms with van der Waals surface area (Å²) >= 11 is 6.87. The van der Waals surface area contributed by atoms with Crippen molar-refractivity contribution in [2.75, 3.05) is 22.2 Å². The maximum absolute atomic E-state index is 12.2. The second-order valence-electron chi connectivity index (χ2n) is 18.2. The number of nitrogens with zero attached hydrogens (tertiary/aromatic N) is 9. The normalized spacial score (nSPS) is 11.4. The van der Waals surface area contributed by atoms with Crippen molar-refractivity contribution in [2.45, 2.75) is 131 Å². The van der Waals surface area contributed by atoms with Crippen LogP contribution in [0.25, 0.3) is 0 Å². The first-order valence-corrected chi connectivity index (χ1v) is 24.8. The summed E-state index contributed by atoms with van der Waals surface area (Å²) in [5.41, 5.74) is 13.8. The molecular weight excluding hydrogens is 1090 g/mol. The van der Waals surface area contributed by atoms with E-state index in [2.05, 4.69) is 148 Å². The Morgan fingerprint density at radius 1 is 0.552 bits per heavy atom. The number of nitrogens with two attached hydrogens (primary N) is 2. The molecule has 0 saturated heterocycles. The van der Waals surface area contributed by atoms with Gasteiger partial charge in [-0.3, -0.25) is 9.59 Å². The average Bonchev–Trinajstić information content (AvgIpc) is 4.04. The first-order valence-electron chi connectivity index (χ1n) is 20.7. The van der Waals surface area contributed by atoms with E-state index in [4.69, 9.17) is 16.6 Å². The summed E-state index contributed by atoms with van der Waals surface area (Å²) in [5.74, 6) is 2.66. The van der Waals surface area contributed by atoms with Gasteiger partial charge in [-0.1, -0.05) is 106 Å². The summed E-state index contributed by atoms with van der Waals surface area (Å²) in [6.07, 6.45) is 8.97. The topological polar surface area (TPSA) is 264 Å². The van der Waals surface area contributed by atoms with Crippen LogP contribution in [-0.4, -0.2) is 73.6 Å². The van der Waals surface area contributed by atoms with Gasteiger partial charge < -0.3 is 27.2 Å². The average molecular weight is 1160 g/mol. The van der Waals surface area contributed by atoms with Crippen molar-refractivity contribution < 1.29 is 19.5 Å². The van der Waals surface area contributed by atoms with Gasteiger partial charge in [0.2, 0.25) is 0 Å². The Kier molecular flexibility index (Phi) is 24.8. The standard InChI is InChI=1S/C15H20N4OS.C14H19N5OS.C8H13N3.C7H9NO2S.CH3Br.HI/c1-9(2)14-16-7-10(21-14)13(20)19-12-6-11(15(3,4)5)17-8-18-12;1-8(15)13-16-6-9(21-13)12(20)19-11-5-10(14(2,3)4)17-7-18-11;1-8(2,3)6-4-7(9)11-5-10-6;1-4(2)6-8-3-5(11-6)7(9)10;1-2;/h6-9H,1-5H3,(H,17,18,19,20);5-8H,15H2,1-4H3,(H,17,18,19,20);4-5H,1-3H3,(H2,9,10,11);3-4H,1-2H3,(H,9,10);1H3;1H. The molecule has 0 aromatic carbocycles. The summed E-state index contributed by atoms with van der Waals surface area (Å²) in [4.78, 5) is 73.2. The zero-order chi connectivity index (χ0) is 50.2. The maximum Gasteiger partial charge on any atom is 0.347 e. The number of anilines is 3. The molecule has 0 aliphatic heterocycles. The van der Waals surface area contributed by atoms with E-state index >= 15 is 0 Å². The number of aromatic carboxylic acids is 1. The van der Waals surface area contributed by atoms with Gasteiger partial charge in [0.25, 0.3) is 11.8 Å². The molecule has 0 saturated carbocycles. The third-order valence-corrected chi connectivity index (χ3v) is 12.2. The molecular formula is C45H65BrIN13O4S3. The number of thiazole rings is 3. The Hall–Kier alpha value is -4.49. The lowest BCUT2D eigenvalue weighted by Gasteiger charge is -2.17. The van der Waals surface area contributed by atoms with Crippen LogP contribution < -0.4 is 22.1 Å². The van der Waals surface area contributed by atoms with Crippen LogP contribution in [0, 0.1) is 0 Å². The van der Waals surface area contributed by atoms with Gasteiger partial charge in [-0.05, 0) is 12.8 Å². The fraction of sp³-hybridized carbons (Fsp3) is 0.467. The van der Waals surface area contributed by atoms with Crippen LogP contribution in [-0.2, 0) is 16.2 Å². The van der Waals surface area contributed by atoms with Crippen molar-refractivity contribution in [3.8, 4) is 0 Å². The lowest BCUT2D eigenvalue weighted by atomic mass is 9.92. The van der Waals surface area contributed by atoms with Crippen LogP contribution in [0.5, 0.6) is 0 Å². The molecule has 2 amide bonds. The molecule has 6 rings (SSSR count). The van der Waals surface area contributed by atoms with E-state index in [1.54, 1.807) is 18.3 Å². The van der Waals surface area contributed by atoms with E-state index in [1.807, 2.05) is 32.7 Å². The van der Waals surface area contributed by atoms with Crippen molar-refractivity contribution in [1.82, 2.24) is 44.9 Å². The van der Waals surface area contributed by atoms with Crippen LogP contribution in [0.4, 0.5) is 17.5 Å². The number of aromatic nitrogens is 9. The Morgan fingerprint density at radius 3 is 1.16 bits per heavy atom. The number of hydrogen-bond donors (Lipinski definition) is 5. The number of carboxylic acids is 1. The summed E-state index contributed by atoms with van der Waals surface area (Å²) in [7, 11) is 0. The zero-order valence-electron chi connectivity index (χ0n) is 40.8. The third-order valence-electron chi connectivity index (χ3n) is 8.42. The van der Waals surface area contributed by atoms with Crippen molar-refractivity contribution >= 4 is 109 Å². The first-order chi connectivity index (χ1) is 30.6. The number of hydrogen-bond acceptors (Lipinski definition) is 17. The molecule has 0 aliphatic carbocycles. The minimum atomic E-state index is -0.894. The van der Waals surface area contributed by atoms with Crippen LogP contribution in [0.1, 0.15) is 176 Å². The molecule has 0 fully saturated rings. The van der Waals surface area contributed by atoms with Gasteiger partial charge in [0.05, 0.1) is 51.7 Å². The van der Waals surface area contributed by atoms with E-state index in [0.29, 0.717) is 43.9 Å². The number of nitrogen functional groups attached to an aromatic ring is 1. The van der Waals surface area contributed by atoms with Crippen LogP contribution in [0.3, 0.4) is 0 Å². The number of alkyl halides is 1. The Bertz CT molecular complexity index is 2360. The predicted octanol–water partition coefficient (Wildman–Crippen LogP) is 11.1. The van der Waals surface area contributed by atoms with E-state index in [1.165, 1.54) is 65.4 Å². The van der Waals surface area contributed by atoms with Crippen LogP contribution in [0.2, 0.25) is 0 Å². The minimum Gasteiger partial charge on any atom is -0.477 e. The Morgan fingerprint density at radius 2 is 0.881 bits per heavy atom. The van der Waals surface area contributed by atoms with Crippen molar-refractivity contribution in [3.05, 3.63) is 103 Å². The number of carboxylic acid groups (broad SMARTS) is 1. The zero-order valence-corrected chi connectivity index (χ0v) is 47.2. The van der Waals surface area contributed by atoms with Crippen molar-refractivity contribution in [1.29, 1.82) is 0 Å². The van der Waals surface area contributed by atoms with Gasteiger partial charge in [0.1, 0.15) is 56.1 Å². The fourth-order valence-electron chi connectivity index (χ4n) is 4.73. The highest BCUT2D eigenvalue weighted by molar-refractivity contribution is 14.0. The number of rotatable bonds is 8. The van der Waals surface area contributed by atoms with E-state index in [9.17, 15) is 14.4 Å². The molecule has 0 spiro atoms. The van der Waals surface area contributed by atoms with E-state index < -0.39 is 5.97 Å². The second kappa shape index (κ2) is 27.5. The molecule has 22 heteroatoms. The molecule has 6 aromatic rings. The summed E-state index contributed by atoms with van der Waals surface area (Å²) < 4.78 is 0. The number of nitrogens with one attached hydrogen (secondary N) is 2. The highest BCUT2D eigenvalue weighted by atomic mass is 127. The van der Waals surface area contributed by atoms with Gasteiger partial charge in [0.15, 0.2) is 0 Å². The van der Waals surface area contributed by atoms with Crippen LogP contribution >= 0.6 is 73.9 Å². The SMILES string of the molecule is CBr.CC(C)(C)c1cc(N)ncn1.CC(C)c1ncc(C(=O)Nc2cc(C(C)(C)C)ncn2)s1.CC(C)c1ncc(C(=O)O)s1.CC(N)c1ncc(C(=O)Nc2cc(C(C)(C)C)ncn2)s1.I. The van der Waals surface area contributed by atoms with E-state index in [0.717, 1.165) is 32.1 Å². The minimum absolute atomic E-state index is 0. The molecule has 6 aromatic heterocycles. The van der Waals surface area contributed by atoms with Gasteiger partial charge >= 0.3 is 5.97 Å². The fourth-order valence-corrected chi connectivity index (χ4v) is 7.07. The highest BCUT2D eigenvalue weighted by Crippen LogP contribution is 2.26. The molecule has 67 heavy (non-hydrogen) atoms. The molecule has 6 heterocycles. The number of halogens is 2. The summed E-state index contributed by atoms with van der Waals surface area (Å²) in [6, 6.07) is 5.22. The highest BCUT2D eigenvalue weighted by Gasteiger charge is 2.20. The number of carbonyl (C=O) groups is 3. The Balaban J connectivity index is 0.000000457. The Labute approximate surface area is 431 Å². The molecule has 0 aliphatic rings. The summed E-state index contributed by atoms with van der Waals surface area (Å²) in [5, 5.41) is 16.7. The molecule has 0 bridgehead atoms. The number of amides is 2. The van der Waals surface area contributed by atoms with Gasteiger partial charge in [-0.25, -0.2) is 49.7 Å². The quantitative estimate of drug-likeness (QED) is 0.0701. The molecule has 1 unspecified atom stereocenters. The third kappa shape index (κ3) is 20.7. The molecule has 0 radical (unpaired) electrons. The van der Waals surface area contributed by atoms with Gasteiger partial charge in [-0.15, -0.1) is 58.0 Å². The predicted molar refractivity (Wildman–Crippen MR) is 287 cm³/mol. The number of carbonyl (C=O) groups excluding carboxylic acids is 2. The first kappa shape index (κ1) is 60.5. The smallest absolute Gasteiger partial charge is 0.347 e. The van der Waals surface area contributed by atoms with Gasteiger partial charge in [-0.2, -0.15) is 0 Å². The van der Waals surface area contributed by atoms with Gasteiger partial charge in [0, 0.05) is 46.3 Å². The lowest BCUT2D eigenvalue weighted by molar-refractivity contribution is 0.0701. The molecule has 1 atom stereocenters. The molecule has 366 valence electrons. The second-order valence-corrected chi connectivity index (χ2v) is 21.3. The monoisotopic (exact) mass is 1150 g/mol. The maximum atomic E-state index is 12.2. The largest absolute Gasteiger partial charge is 0.477 e. The lowest BCUT2D eigenvalue weighted by Crippen LogP contribution is -2.16. The summed E-state index contributed by atoms with van der Waals surface area (Å²) in [6.45, 7) is 28.6. The van der Waals surface area contributed by atoms with E-state index in [-0.39, 0.29) is 58.1 Å². The van der Waals surface area contributed by atoms with Crippen LogP contribution in [0.15, 0.2) is 55.8 Å².